The van der Waals surface area contributed by atoms with Gasteiger partial charge in [-0.1, -0.05) is 148 Å². The lowest BCUT2D eigenvalue weighted by molar-refractivity contribution is 0.306. The lowest BCUT2D eigenvalue weighted by Gasteiger charge is -2.05. The number of pyridine rings is 1. The summed E-state index contributed by atoms with van der Waals surface area (Å²) in [5.41, 5.74) is 1.43. The second-order valence-corrected chi connectivity index (χ2v) is 12.7. The maximum atomic E-state index is 11.9. The van der Waals surface area contributed by atoms with Crippen LogP contribution in [0.5, 0.6) is 0 Å². The van der Waals surface area contributed by atoms with Crippen molar-refractivity contribution in [3.63, 3.8) is 0 Å². The normalized spacial score (nSPS) is 11.2. The molecule has 1 aromatic heterocycles. The molecule has 2 aromatic rings. The Hall–Kier alpha value is -1.72. The largest absolute Gasteiger partial charge is 0.296 e. The highest BCUT2D eigenvalue weighted by Crippen LogP contribution is 2.14. The van der Waals surface area contributed by atoms with Crippen LogP contribution in [0.2, 0.25) is 0 Å². The third-order valence-electron chi connectivity index (χ3n) is 7.34. The number of unbranched alkanes of at least 4 members (excludes halogenated alkanes) is 18. The first kappa shape index (κ1) is 36.3. The van der Waals surface area contributed by atoms with Crippen LogP contribution in [0.4, 0.5) is 0 Å². The molecule has 0 amide bonds. The highest BCUT2D eigenvalue weighted by molar-refractivity contribution is 7.86. The van der Waals surface area contributed by atoms with Gasteiger partial charge in [-0.2, -0.15) is 8.42 Å². The Bertz CT molecular complexity index is 887. The second kappa shape index (κ2) is 26.2. The predicted octanol–water partition coefficient (Wildman–Crippen LogP) is 10.9. The number of benzene rings is 1. The first-order valence-corrected chi connectivity index (χ1v) is 17.8. The van der Waals surface area contributed by atoms with Gasteiger partial charge in [0.1, 0.15) is 0 Å². The third-order valence-corrected chi connectivity index (χ3v) is 8.66. The second-order valence-electron chi connectivity index (χ2n) is 11.1. The number of rotatable bonds is 24. The first-order chi connectivity index (χ1) is 19.6. The maximum absolute atomic E-state index is 11.9. The molecule has 1 aromatic carbocycles. The summed E-state index contributed by atoms with van der Waals surface area (Å²) in [5, 5.41) is 0. The van der Waals surface area contributed by atoms with Crippen molar-refractivity contribution in [2.24, 2.45) is 0 Å². The molecule has 0 aliphatic heterocycles. The summed E-state index contributed by atoms with van der Waals surface area (Å²) < 4.78 is 28.8. The van der Waals surface area contributed by atoms with Gasteiger partial charge in [-0.15, -0.1) is 0 Å². The van der Waals surface area contributed by atoms with E-state index in [4.69, 9.17) is 4.18 Å². The summed E-state index contributed by atoms with van der Waals surface area (Å²) in [6.07, 6.45) is 31.4. The van der Waals surface area contributed by atoms with E-state index >= 15 is 0 Å². The Morgan fingerprint density at radius 2 is 0.975 bits per heavy atom. The third kappa shape index (κ3) is 21.1. The maximum Gasteiger partial charge on any atom is 0.296 e. The number of hydrogen-bond donors (Lipinski definition) is 0. The van der Waals surface area contributed by atoms with Crippen molar-refractivity contribution >= 4 is 10.1 Å². The van der Waals surface area contributed by atoms with Gasteiger partial charge in [0.25, 0.3) is 10.1 Å². The Kier molecular flexibility index (Phi) is 23.8. The van der Waals surface area contributed by atoms with E-state index in [0.29, 0.717) is 0 Å². The quantitative estimate of drug-likeness (QED) is 0.0925. The zero-order valence-corrected chi connectivity index (χ0v) is 26.6. The molecule has 0 N–H and O–H groups in total. The minimum absolute atomic E-state index is 0.238. The molecular weight excluding hydrogens is 514 g/mol. The van der Waals surface area contributed by atoms with Crippen molar-refractivity contribution in [2.45, 2.75) is 154 Å². The van der Waals surface area contributed by atoms with Gasteiger partial charge in [0, 0.05) is 12.4 Å². The van der Waals surface area contributed by atoms with Crippen LogP contribution in [0.25, 0.3) is 0 Å². The van der Waals surface area contributed by atoms with Gasteiger partial charge < -0.3 is 0 Å². The van der Waals surface area contributed by atoms with Gasteiger partial charge >= 0.3 is 0 Å². The average Bonchev–Trinajstić information content (AvgIpc) is 2.98. The number of nitrogens with zero attached hydrogens (tertiary/aromatic N) is 1. The minimum atomic E-state index is -3.57. The molecular formula is C35H59NO3S. The van der Waals surface area contributed by atoms with Gasteiger partial charge in [-0.05, 0) is 49.1 Å². The van der Waals surface area contributed by atoms with Crippen LogP contribution in [0.3, 0.4) is 0 Å². The zero-order valence-electron chi connectivity index (χ0n) is 25.8. The standard InChI is InChI=1S/C18H30O3S.C17H29N/c1-2-3-4-5-6-7-8-9-10-14-17-21-22(19,20)18-15-12-11-13-16-18;1-2-3-4-5-6-7-8-9-10-11-12-17-13-15-18-16-14-17/h11-13,15-16H,2-10,14,17H2,1H3;13-16H,2-12H2,1H3. The Labute approximate surface area is 247 Å². The SMILES string of the molecule is CCCCCCCCCCCCOS(=O)(=O)c1ccccc1.CCCCCCCCCCCCc1ccncc1. The van der Waals surface area contributed by atoms with Crippen molar-refractivity contribution in [1.29, 1.82) is 0 Å². The van der Waals surface area contributed by atoms with E-state index in [1.807, 2.05) is 12.4 Å². The fourth-order valence-electron chi connectivity index (χ4n) is 4.78. The Morgan fingerprint density at radius 1 is 0.550 bits per heavy atom. The van der Waals surface area contributed by atoms with Crippen LogP contribution in [-0.4, -0.2) is 20.0 Å². The van der Waals surface area contributed by atoms with Gasteiger partial charge in [-0.25, -0.2) is 0 Å². The van der Waals surface area contributed by atoms with E-state index in [1.54, 1.807) is 30.3 Å². The number of aromatic nitrogens is 1. The highest BCUT2D eigenvalue weighted by atomic mass is 32.2. The van der Waals surface area contributed by atoms with Crippen molar-refractivity contribution in [3.8, 4) is 0 Å². The van der Waals surface area contributed by atoms with Gasteiger partial charge in [-0.3, -0.25) is 9.17 Å². The molecule has 0 radical (unpaired) electrons. The van der Waals surface area contributed by atoms with Crippen LogP contribution in [0, 0.1) is 0 Å². The lowest BCUT2D eigenvalue weighted by Crippen LogP contribution is -2.07. The topological polar surface area (TPSA) is 56.3 Å². The summed E-state index contributed by atoms with van der Waals surface area (Å²) >= 11 is 0. The van der Waals surface area contributed by atoms with E-state index in [2.05, 4.69) is 31.0 Å². The van der Waals surface area contributed by atoms with Crippen molar-refractivity contribution in [3.05, 3.63) is 60.4 Å². The molecule has 5 heteroatoms. The number of aryl methyl sites for hydroxylation is 1. The molecule has 0 bridgehead atoms. The van der Waals surface area contributed by atoms with E-state index in [9.17, 15) is 8.42 Å². The molecule has 1 heterocycles. The highest BCUT2D eigenvalue weighted by Gasteiger charge is 2.13. The number of hydrogen-bond acceptors (Lipinski definition) is 4. The lowest BCUT2D eigenvalue weighted by atomic mass is 10.0. The summed E-state index contributed by atoms with van der Waals surface area (Å²) in [5.74, 6) is 0. The van der Waals surface area contributed by atoms with Crippen LogP contribution >= 0.6 is 0 Å². The first-order valence-electron chi connectivity index (χ1n) is 16.4. The summed E-state index contributed by atoms with van der Waals surface area (Å²) in [6.45, 7) is 4.80. The summed E-state index contributed by atoms with van der Waals surface area (Å²) in [6, 6.07) is 12.6. The van der Waals surface area contributed by atoms with Crippen LogP contribution in [0.1, 0.15) is 148 Å². The van der Waals surface area contributed by atoms with Crippen molar-refractivity contribution < 1.29 is 12.6 Å². The van der Waals surface area contributed by atoms with Gasteiger partial charge in [0.05, 0.1) is 11.5 Å². The van der Waals surface area contributed by atoms with E-state index < -0.39 is 10.1 Å². The molecule has 0 spiro atoms. The smallest absolute Gasteiger partial charge is 0.266 e. The molecule has 2 rings (SSSR count). The van der Waals surface area contributed by atoms with Crippen LogP contribution in [-0.2, 0) is 20.7 Å². The summed E-state index contributed by atoms with van der Waals surface area (Å²) in [4.78, 5) is 4.28. The average molecular weight is 574 g/mol. The fourth-order valence-corrected chi connectivity index (χ4v) is 5.74. The minimum Gasteiger partial charge on any atom is -0.266 e. The predicted molar refractivity (Wildman–Crippen MR) is 171 cm³/mol. The van der Waals surface area contributed by atoms with Crippen molar-refractivity contribution in [2.75, 3.05) is 6.61 Å². The molecule has 0 aliphatic carbocycles. The van der Waals surface area contributed by atoms with E-state index in [1.165, 1.54) is 128 Å². The van der Waals surface area contributed by atoms with Gasteiger partial charge in [0.2, 0.25) is 0 Å². The molecule has 228 valence electrons. The molecule has 0 atom stereocenters. The van der Waals surface area contributed by atoms with Gasteiger partial charge in [0.15, 0.2) is 0 Å². The van der Waals surface area contributed by atoms with Crippen molar-refractivity contribution in [1.82, 2.24) is 4.98 Å². The molecule has 0 fully saturated rings. The van der Waals surface area contributed by atoms with E-state index in [0.717, 1.165) is 12.8 Å². The molecule has 0 aliphatic rings. The molecule has 40 heavy (non-hydrogen) atoms. The Morgan fingerprint density at radius 3 is 1.45 bits per heavy atom. The van der Waals surface area contributed by atoms with E-state index in [-0.39, 0.29) is 11.5 Å². The molecule has 4 nitrogen and oxygen atoms in total. The van der Waals surface area contributed by atoms with Crippen LogP contribution < -0.4 is 0 Å². The molecule has 0 saturated heterocycles. The van der Waals surface area contributed by atoms with Crippen LogP contribution in [0.15, 0.2) is 59.8 Å². The molecule has 0 unspecified atom stereocenters. The summed E-state index contributed by atoms with van der Waals surface area (Å²) in [7, 11) is -3.57. The Balaban J connectivity index is 0.000000408. The zero-order chi connectivity index (χ0) is 29.0. The fraction of sp³-hybridized carbons (Fsp3) is 0.686. The molecule has 0 saturated carbocycles. The monoisotopic (exact) mass is 573 g/mol.